The van der Waals surface area contributed by atoms with Crippen LogP contribution in [0.3, 0.4) is 0 Å². The van der Waals surface area contributed by atoms with Crippen LogP contribution in [0.15, 0.2) is 24.3 Å². The highest BCUT2D eigenvalue weighted by Crippen LogP contribution is 2.29. The molecule has 0 atom stereocenters. The van der Waals surface area contributed by atoms with Gasteiger partial charge >= 0.3 is 5.97 Å². The van der Waals surface area contributed by atoms with Gasteiger partial charge in [0, 0.05) is 13.0 Å². The summed E-state index contributed by atoms with van der Waals surface area (Å²) in [4.78, 5) is 24.6. The fraction of sp³-hybridized carbons (Fsp3) is 0.500. The Bertz CT molecular complexity index is 473. The highest BCUT2D eigenvalue weighted by Gasteiger charge is 2.19. The van der Waals surface area contributed by atoms with Crippen molar-refractivity contribution in [3.05, 3.63) is 24.3 Å². The Hall–Kier alpha value is -2.04. The lowest BCUT2D eigenvalue weighted by Gasteiger charge is -2.24. The fourth-order valence-electron chi connectivity index (χ4n) is 1.95. The van der Waals surface area contributed by atoms with Gasteiger partial charge in [-0.25, -0.2) is 0 Å². The Balaban J connectivity index is 3.00. The van der Waals surface area contributed by atoms with Crippen LogP contribution < -0.4 is 9.64 Å². The third kappa shape index (κ3) is 5.45. The molecule has 0 aromatic heterocycles. The monoisotopic (exact) mass is 293 g/mol. The van der Waals surface area contributed by atoms with Crippen LogP contribution in [0.1, 0.15) is 39.5 Å². The third-order valence-corrected chi connectivity index (χ3v) is 2.93. The first-order valence-corrected chi connectivity index (χ1v) is 7.34. The summed E-state index contributed by atoms with van der Waals surface area (Å²) >= 11 is 0. The molecule has 0 aliphatic heterocycles. The van der Waals surface area contributed by atoms with Crippen LogP contribution in [-0.2, 0) is 9.59 Å². The molecule has 0 spiro atoms. The molecule has 0 heterocycles. The molecule has 1 rings (SSSR count). The van der Waals surface area contributed by atoms with E-state index in [0.29, 0.717) is 24.5 Å². The maximum atomic E-state index is 12.3. The Morgan fingerprint density at radius 2 is 1.86 bits per heavy atom. The predicted molar refractivity (Wildman–Crippen MR) is 81.7 cm³/mol. The highest BCUT2D eigenvalue weighted by atomic mass is 16.5. The van der Waals surface area contributed by atoms with Gasteiger partial charge < -0.3 is 14.7 Å². The largest absolute Gasteiger partial charge is 0.491 e. The lowest BCUT2D eigenvalue weighted by Crippen LogP contribution is -2.33. The predicted octanol–water partition coefficient (Wildman–Crippen LogP) is 3.08. The van der Waals surface area contributed by atoms with E-state index in [1.165, 1.54) is 4.90 Å². The van der Waals surface area contributed by atoms with Crippen molar-refractivity contribution in [1.82, 2.24) is 0 Å². The lowest BCUT2D eigenvalue weighted by atomic mass is 10.2. The minimum Gasteiger partial charge on any atom is -0.491 e. The van der Waals surface area contributed by atoms with E-state index in [1.54, 1.807) is 12.1 Å². The Kier molecular flexibility index (Phi) is 7.29. The number of carbonyl (C=O) groups is 2. The SMILES string of the molecule is CCCOc1ccccc1N(CCC(=O)O)C(=O)CCC. The van der Waals surface area contributed by atoms with Crippen molar-refractivity contribution < 1.29 is 19.4 Å². The minimum atomic E-state index is -0.920. The number of para-hydroxylation sites is 2. The summed E-state index contributed by atoms with van der Waals surface area (Å²) in [5.74, 6) is -0.378. The van der Waals surface area contributed by atoms with E-state index in [1.807, 2.05) is 26.0 Å². The molecule has 0 unspecified atom stereocenters. The average molecular weight is 293 g/mol. The van der Waals surface area contributed by atoms with E-state index in [9.17, 15) is 9.59 Å². The van der Waals surface area contributed by atoms with Crippen molar-refractivity contribution in [1.29, 1.82) is 0 Å². The molecule has 1 aromatic carbocycles. The summed E-state index contributed by atoms with van der Waals surface area (Å²) in [6.07, 6.45) is 1.89. The molecule has 5 nitrogen and oxygen atoms in total. The maximum absolute atomic E-state index is 12.3. The van der Waals surface area contributed by atoms with Crippen LogP contribution in [0.5, 0.6) is 5.75 Å². The zero-order chi connectivity index (χ0) is 15.7. The number of hydrogen-bond donors (Lipinski definition) is 1. The second-order valence-electron chi connectivity index (χ2n) is 4.76. The summed E-state index contributed by atoms with van der Waals surface area (Å²) in [6, 6.07) is 7.26. The van der Waals surface area contributed by atoms with Gasteiger partial charge in [-0.15, -0.1) is 0 Å². The summed E-state index contributed by atoms with van der Waals surface area (Å²) in [6.45, 7) is 4.65. The number of anilines is 1. The van der Waals surface area contributed by atoms with Crippen LogP contribution in [0.25, 0.3) is 0 Å². The zero-order valence-electron chi connectivity index (χ0n) is 12.7. The average Bonchev–Trinajstić information content (AvgIpc) is 2.46. The Labute approximate surface area is 125 Å². The van der Waals surface area contributed by atoms with Crippen LogP contribution in [-0.4, -0.2) is 30.1 Å². The molecule has 116 valence electrons. The van der Waals surface area contributed by atoms with Crippen molar-refractivity contribution in [3.8, 4) is 5.75 Å². The van der Waals surface area contributed by atoms with Gasteiger partial charge in [0.15, 0.2) is 0 Å². The highest BCUT2D eigenvalue weighted by molar-refractivity contribution is 5.95. The summed E-state index contributed by atoms with van der Waals surface area (Å²) in [5.41, 5.74) is 0.644. The molecule has 0 aliphatic carbocycles. The molecular formula is C16H23NO4. The molecule has 0 aliphatic rings. The molecule has 21 heavy (non-hydrogen) atoms. The second kappa shape index (κ2) is 9.00. The van der Waals surface area contributed by atoms with E-state index < -0.39 is 5.97 Å². The lowest BCUT2D eigenvalue weighted by molar-refractivity contribution is -0.136. The molecule has 0 fully saturated rings. The smallest absolute Gasteiger partial charge is 0.305 e. The first kappa shape index (κ1) is 17.0. The van der Waals surface area contributed by atoms with E-state index in [0.717, 1.165) is 12.8 Å². The summed E-state index contributed by atoms with van der Waals surface area (Å²) < 4.78 is 5.66. The van der Waals surface area contributed by atoms with Gasteiger partial charge in [-0.05, 0) is 25.0 Å². The second-order valence-corrected chi connectivity index (χ2v) is 4.76. The number of aliphatic carboxylic acids is 1. The number of nitrogens with zero attached hydrogens (tertiary/aromatic N) is 1. The molecule has 0 radical (unpaired) electrons. The van der Waals surface area contributed by atoms with Crippen molar-refractivity contribution in [2.75, 3.05) is 18.1 Å². The number of carboxylic acids is 1. The molecule has 0 saturated heterocycles. The van der Waals surface area contributed by atoms with E-state index in [-0.39, 0.29) is 18.9 Å². The number of carbonyl (C=O) groups excluding carboxylic acids is 1. The van der Waals surface area contributed by atoms with E-state index in [2.05, 4.69) is 0 Å². The van der Waals surface area contributed by atoms with Crippen LogP contribution in [0, 0.1) is 0 Å². The molecule has 0 saturated carbocycles. The van der Waals surface area contributed by atoms with Gasteiger partial charge in [0.2, 0.25) is 5.91 Å². The van der Waals surface area contributed by atoms with Gasteiger partial charge in [-0.1, -0.05) is 26.0 Å². The molecular weight excluding hydrogens is 270 g/mol. The molecule has 1 N–H and O–H groups in total. The quantitative estimate of drug-likeness (QED) is 0.759. The first-order chi connectivity index (χ1) is 10.1. The first-order valence-electron chi connectivity index (χ1n) is 7.34. The zero-order valence-corrected chi connectivity index (χ0v) is 12.7. The normalized spacial score (nSPS) is 10.2. The van der Waals surface area contributed by atoms with Crippen molar-refractivity contribution in [2.45, 2.75) is 39.5 Å². The van der Waals surface area contributed by atoms with Gasteiger partial charge in [0.1, 0.15) is 5.75 Å². The number of benzene rings is 1. The van der Waals surface area contributed by atoms with E-state index in [4.69, 9.17) is 9.84 Å². The number of ether oxygens (including phenoxy) is 1. The Morgan fingerprint density at radius 1 is 1.14 bits per heavy atom. The summed E-state index contributed by atoms with van der Waals surface area (Å²) in [7, 11) is 0. The standard InChI is InChI=1S/C16H23NO4/c1-3-7-15(18)17(11-10-16(19)20)13-8-5-6-9-14(13)21-12-4-2/h5-6,8-9H,3-4,7,10-12H2,1-2H3,(H,19,20). The van der Waals surface area contributed by atoms with Crippen molar-refractivity contribution >= 4 is 17.6 Å². The van der Waals surface area contributed by atoms with Crippen LogP contribution >= 0.6 is 0 Å². The van der Waals surface area contributed by atoms with E-state index >= 15 is 0 Å². The number of carboxylic acid groups (broad SMARTS) is 1. The molecule has 1 amide bonds. The minimum absolute atomic E-state index is 0.0775. The van der Waals surface area contributed by atoms with Crippen LogP contribution in [0.4, 0.5) is 5.69 Å². The van der Waals surface area contributed by atoms with Gasteiger partial charge in [-0.2, -0.15) is 0 Å². The maximum Gasteiger partial charge on any atom is 0.305 e. The number of hydrogen-bond acceptors (Lipinski definition) is 3. The number of rotatable bonds is 9. The molecule has 0 bridgehead atoms. The van der Waals surface area contributed by atoms with Gasteiger partial charge in [0.25, 0.3) is 0 Å². The number of amides is 1. The Morgan fingerprint density at radius 3 is 2.48 bits per heavy atom. The van der Waals surface area contributed by atoms with Crippen molar-refractivity contribution in [3.63, 3.8) is 0 Å². The van der Waals surface area contributed by atoms with Gasteiger partial charge in [0.05, 0.1) is 18.7 Å². The topological polar surface area (TPSA) is 66.8 Å². The molecule has 5 heteroatoms. The van der Waals surface area contributed by atoms with Gasteiger partial charge in [-0.3, -0.25) is 9.59 Å². The summed E-state index contributed by atoms with van der Waals surface area (Å²) in [5, 5.41) is 8.86. The fourth-order valence-corrected chi connectivity index (χ4v) is 1.95. The third-order valence-electron chi connectivity index (χ3n) is 2.93. The van der Waals surface area contributed by atoms with Crippen LogP contribution in [0.2, 0.25) is 0 Å². The molecule has 1 aromatic rings. The van der Waals surface area contributed by atoms with Crippen molar-refractivity contribution in [2.24, 2.45) is 0 Å².